The Morgan fingerprint density at radius 3 is 2.26 bits per heavy atom. The summed E-state index contributed by atoms with van der Waals surface area (Å²) in [4.78, 5) is 0. The molecule has 0 spiro atoms. The first-order valence-corrected chi connectivity index (χ1v) is 8.76. The zero-order valence-electron chi connectivity index (χ0n) is 14.4. The monoisotopic (exact) mass is 384 g/mol. The average Bonchev–Trinajstić information content (AvgIpc) is 2.67. The summed E-state index contributed by atoms with van der Waals surface area (Å²) in [5.74, 6) is 0.142. The molecule has 3 nitrogen and oxygen atoms in total. The Morgan fingerprint density at radius 2 is 1.56 bits per heavy atom. The van der Waals surface area contributed by atoms with Crippen molar-refractivity contribution in [3.05, 3.63) is 95.6 Å². The van der Waals surface area contributed by atoms with Gasteiger partial charge in [0, 0.05) is 12.2 Å². The highest BCUT2D eigenvalue weighted by atomic mass is 32.1. The first-order valence-electron chi connectivity index (χ1n) is 8.35. The van der Waals surface area contributed by atoms with Gasteiger partial charge in [0.05, 0.1) is 0 Å². The Kier molecular flexibility index (Phi) is 6.33. The predicted molar refractivity (Wildman–Crippen MR) is 107 cm³/mol. The maximum Gasteiger partial charge on any atom is 0.171 e. The summed E-state index contributed by atoms with van der Waals surface area (Å²) in [5.41, 5.74) is 2.51. The van der Waals surface area contributed by atoms with E-state index in [4.69, 9.17) is 17.0 Å². The average molecular weight is 384 g/mol. The van der Waals surface area contributed by atoms with Gasteiger partial charge in [0.2, 0.25) is 0 Å². The molecule has 0 aliphatic rings. The van der Waals surface area contributed by atoms with Crippen LogP contribution >= 0.6 is 12.2 Å². The highest BCUT2D eigenvalue weighted by Crippen LogP contribution is 2.15. The van der Waals surface area contributed by atoms with E-state index < -0.39 is 0 Å². The van der Waals surface area contributed by atoms with Crippen LogP contribution in [0, 0.1) is 11.6 Å². The van der Waals surface area contributed by atoms with Gasteiger partial charge in [-0.05, 0) is 65.8 Å². The second-order valence-electron chi connectivity index (χ2n) is 5.88. The molecule has 0 amide bonds. The van der Waals surface area contributed by atoms with Crippen molar-refractivity contribution in [2.75, 3.05) is 5.32 Å². The van der Waals surface area contributed by atoms with Gasteiger partial charge in [0.1, 0.15) is 24.0 Å². The maximum atomic E-state index is 13.2. The molecule has 0 fully saturated rings. The minimum atomic E-state index is -0.320. The summed E-state index contributed by atoms with van der Waals surface area (Å²) in [6, 6.07) is 19.9. The molecule has 3 aromatic rings. The molecule has 0 saturated heterocycles. The Morgan fingerprint density at radius 1 is 0.852 bits per heavy atom. The fraction of sp³-hybridized carbons (Fsp3) is 0.0952. The van der Waals surface area contributed by atoms with E-state index in [9.17, 15) is 8.78 Å². The van der Waals surface area contributed by atoms with Gasteiger partial charge in [-0.25, -0.2) is 8.78 Å². The first kappa shape index (κ1) is 18.8. The van der Waals surface area contributed by atoms with Crippen LogP contribution < -0.4 is 15.4 Å². The van der Waals surface area contributed by atoms with E-state index >= 15 is 0 Å². The lowest BCUT2D eigenvalue weighted by Gasteiger charge is -2.11. The summed E-state index contributed by atoms with van der Waals surface area (Å²) in [6.07, 6.45) is 0. The zero-order valence-corrected chi connectivity index (χ0v) is 15.2. The third kappa shape index (κ3) is 6.04. The van der Waals surface area contributed by atoms with E-state index in [1.165, 1.54) is 24.3 Å². The normalized spacial score (nSPS) is 10.3. The molecule has 0 bridgehead atoms. The van der Waals surface area contributed by atoms with Crippen LogP contribution in [-0.2, 0) is 13.2 Å². The van der Waals surface area contributed by atoms with E-state index in [1.807, 2.05) is 24.3 Å². The van der Waals surface area contributed by atoms with Crippen LogP contribution in [0.5, 0.6) is 5.75 Å². The van der Waals surface area contributed by atoms with Crippen LogP contribution in [-0.4, -0.2) is 5.11 Å². The van der Waals surface area contributed by atoms with Gasteiger partial charge >= 0.3 is 0 Å². The smallest absolute Gasteiger partial charge is 0.171 e. The van der Waals surface area contributed by atoms with Crippen molar-refractivity contribution in [1.82, 2.24) is 5.32 Å². The lowest BCUT2D eigenvalue weighted by Crippen LogP contribution is -2.27. The number of halogens is 2. The number of ether oxygens (including phenoxy) is 1. The fourth-order valence-electron chi connectivity index (χ4n) is 2.37. The number of nitrogens with one attached hydrogen (secondary N) is 2. The number of anilines is 1. The van der Waals surface area contributed by atoms with Crippen LogP contribution in [0.1, 0.15) is 11.1 Å². The van der Waals surface area contributed by atoms with Gasteiger partial charge in [-0.15, -0.1) is 0 Å². The number of benzene rings is 3. The quantitative estimate of drug-likeness (QED) is 0.584. The van der Waals surface area contributed by atoms with Gasteiger partial charge in [-0.1, -0.05) is 30.3 Å². The predicted octanol–water partition coefficient (Wildman–Crippen LogP) is 5.03. The van der Waals surface area contributed by atoms with Crippen LogP contribution in [0.2, 0.25) is 0 Å². The lowest BCUT2D eigenvalue weighted by atomic mass is 10.2. The summed E-state index contributed by atoms with van der Waals surface area (Å²) in [5, 5.41) is 6.42. The molecule has 0 aromatic heterocycles. The molecule has 0 aliphatic heterocycles. The molecule has 138 valence electrons. The van der Waals surface area contributed by atoms with Crippen molar-refractivity contribution in [2.24, 2.45) is 0 Å². The van der Waals surface area contributed by atoms with Crippen molar-refractivity contribution in [3.63, 3.8) is 0 Å². The molecule has 2 N–H and O–H groups in total. The summed E-state index contributed by atoms with van der Waals surface area (Å²) < 4.78 is 31.7. The molecular weight excluding hydrogens is 366 g/mol. The molecule has 0 heterocycles. The number of thiocarbonyl (C=S) groups is 1. The molecule has 0 saturated carbocycles. The van der Waals surface area contributed by atoms with E-state index in [0.29, 0.717) is 24.0 Å². The standard InChI is InChI=1S/C21H18F2N2OS/c22-17-8-4-16(5-9-17)14-26-20-10-6-15(7-11-20)13-24-21(27)25-19-3-1-2-18(23)12-19/h1-12H,13-14H2,(H2,24,25,27). The van der Waals surface area contributed by atoms with E-state index in [0.717, 1.165) is 16.9 Å². The Bertz CT molecular complexity index is 899. The van der Waals surface area contributed by atoms with Gasteiger partial charge in [-0.2, -0.15) is 0 Å². The third-order valence-corrected chi connectivity index (χ3v) is 4.02. The Hall–Kier alpha value is -2.99. The van der Waals surface area contributed by atoms with E-state index in [2.05, 4.69) is 10.6 Å². The molecule has 0 aliphatic carbocycles. The van der Waals surface area contributed by atoms with Crippen molar-refractivity contribution in [2.45, 2.75) is 13.2 Å². The number of rotatable bonds is 6. The summed E-state index contributed by atoms with van der Waals surface area (Å²) in [7, 11) is 0. The van der Waals surface area contributed by atoms with Gasteiger partial charge < -0.3 is 15.4 Å². The first-order chi connectivity index (χ1) is 13.1. The largest absolute Gasteiger partial charge is 0.489 e. The molecule has 0 unspecified atom stereocenters. The number of hydrogen-bond acceptors (Lipinski definition) is 2. The van der Waals surface area contributed by atoms with E-state index in [1.54, 1.807) is 24.3 Å². The Balaban J connectivity index is 1.45. The van der Waals surface area contributed by atoms with Crippen LogP contribution in [0.3, 0.4) is 0 Å². The maximum absolute atomic E-state index is 13.2. The fourth-order valence-corrected chi connectivity index (χ4v) is 2.56. The van der Waals surface area contributed by atoms with Crippen molar-refractivity contribution in [1.29, 1.82) is 0 Å². The summed E-state index contributed by atoms with van der Waals surface area (Å²) >= 11 is 5.21. The lowest BCUT2D eigenvalue weighted by molar-refractivity contribution is 0.306. The molecule has 3 rings (SSSR count). The highest BCUT2D eigenvalue weighted by molar-refractivity contribution is 7.80. The SMILES string of the molecule is Fc1ccc(COc2ccc(CNC(=S)Nc3cccc(F)c3)cc2)cc1. The minimum absolute atomic E-state index is 0.264. The molecule has 27 heavy (non-hydrogen) atoms. The van der Waals surface area contributed by atoms with Crippen LogP contribution in [0.4, 0.5) is 14.5 Å². The highest BCUT2D eigenvalue weighted by Gasteiger charge is 2.01. The van der Waals surface area contributed by atoms with Crippen LogP contribution in [0.15, 0.2) is 72.8 Å². The molecular formula is C21H18F2N2OS. The van der Waals surface area contributed by atoms with Crippen molar-refractivity contribution < 1.29 is 13.5 Å². The topological polar surface area (TPSA) is 33.3 Å². The number of hydrogen-bond donors (Lipinski definition) is 2. The van der Waals surface area contributed by atoms with Crippen molar-refractivity contribution in [3.8, 4) is 5.75 Å². The second kappa shape index (κ2) is 9.09. The molecule has 0 radical (unpaired) electrons. The second-order valence-corrected chi connectivity index (χ2v) is 6.29. The summed E-state index contributed by atoms with van der Waals surface area (Å²) in [6.45, 7) is 0.902. The van der Waals surface area contributed by atoms with Gasteiger partial charge in [0.15, 0.2) is 5.11 Å². The molecule has 0 atom stereocenters. The Labute approximate surface area is 162 Å². The van der Waals surface area contributed by atoms with Gasteiger partial charge in [0.25, 0.3) is 0 Å². The van der Waals surface area contributed by atoms with Gasteiger partial charge in [-0.3, -0.25) is 0 Å². The van der Waals surface area contributed by atoms with Crippen LogP contribution in [0.25, 0.3) is 0 Å². The van der Waals surface area contributed by atoms with E-state index in [-0.39, 0.29) is 11.6 Å². The van der Waals surface area contributed by atoms with Crippen molar-refractivity contribution >= 4 is 23.0 Å². The third-order valence-electron chi connectivity index (χ3n) is 3.78. The molecule has 3 aromatic carbocycles. The minimum Gasteiger partial charge on any atom is -0.489 e. The zero-order chi connectivity index (χ0) is 19.1. The molecule has 6 heteroatoms.